The van der Waals surface area contributed by atoms with Crippen LogP contribution in [0.25, 0.3) is 21.0 Å². The first-order valence-corrected chi connectivity index (χ1v) is 9.09. The number of rotatable bonds is 5. The molecule has 2 heterocycles. The summed E-state index contributed by atoms with van der Waals surface area (Å²) in [5.41, 5.74) is 0.854. The number of halogens is 1. The molecule has 8 heteroatoms. The Hall–Kier alpha value is -3.52. The van der Waals surface area contributed by atoms with Crippen LogP contribution < -0.4 is 5.32 Å². The molecule has 0 saturated heterocycles. The summed E-state index contributed by atoms with van der Waals surface area (Å²) >= 11 is 1.44. The molecule has 6 nitrogen and oxygen atoms in total. The van der Waals surface area contributed by atoms with Crippen molar-refractivity contribution in [3.8, 4) is 10.8 Å². The molecule has 28 heavy (non-hydrogen) atoms. The van der Waals surface area contributed by atoms with Gasteiger partial charge in [-0.1, -0.05) is 24.3 Å². The van der Waals surface area contributed by atoms with E-state index in [0.29, 0.717) is 10.8 Å². The maximum absolute atomic E-state index is 13.5. The van der Waals surface area contributed by atoms with Gasteiger partial charge in [0.15, 0.2) is 17.4 Å². The number of anilines is 1. The average molecular weight is 396 g/mol. The number of nitrogens with zero attached hydrogens (tertiary/aromatic N) is 1. The SMILES string of the molecule is O=C(COC(=O)c1ccc(-c2nc3ccccc3s2)o1)Nc1ccccc1F. The lowest BCUT2D eigenvalue weighted by Crippen LogP contribution is -2.21. The Morgan fingerprint density at radius 2 is 1.86 bits per heavy atom. The molecule has 1 amide bonds. The third-order valence-corrected chi connectivity index (χ3v) is 4.85. The molecule has 2 aromatic carbocycles. The normalized spacial score (nSPS) is 10.8. The van der Waals surface area contributed by atoms with Crippen LogP contribution in [0.4, 0.5) is 10.1 Å². The molecule has 0 fully saturated rings. The van der Waals surface area contributed by atoms with Crippen molar-refractivity contribution in [2.45, 2.75) is 0 Å². The van der Waals surface area contributed by atoms with Gasteiger partial charge in [0.25, 0.3) is 5.91 Å². The lowest BCUT2D eigenvalue weighted by Gasteiger charge is -2.06. The van der Waals surface area contributed by atoms with Crippen LogP contribution in [0.1, 0.15) is 10.6 Å². The van der Waals surface area contributed by atoms with E-state index in [0.717, 1.165) is 10.2 Å². The number of amides is 1. The molecule has 0 aliphatic carbocycles. The number of para-hydroxylation sites is 2. The smallest absolute Gasteiger partial charge is 0.374 e. The highest BCUT2D eigenvalue weighted by molar-refractivity contribution is 7.21. The molecule has 0 unspecified atom stereocenters. The van der Waals surface area contributed by atoms with Crippen LogP contribution in [0.2, 0.25) is 0 Å². The second-order valence-electron chi connectivity index (χ2n) is 5.75. The topological polar surface area (TPSA) is 81.4 Å². The van der Waals surface area contributed by atoms with Gasteiger partial charge in [0, 0.05) is 0 Å². The number of esters is 1. The molecule has 140 valence electrons. The van der Waals surface area contributed by atoms with E-state index >= 15 is 0 Å². The summed E-state index contributed by atoms with van der Waals surface area (Å²) in [5, 5.41) is 2.97. The van der Waals surface area contributed by atoms with Gasteiger partial charge in [-0.3, -0.25) is 4.79 Å². The predicted octanol–water partition coefficient (Wildman–Crippen LogP) is 4.49. The number of benzene rings is 2. The molecule has 0 aliphatic heterocycles. The van der Waals surface area contributed by atoms with Gasteiger partial charge < -0.3 is 14.5 Å². The van der Waals surface area contributed by atoms with Crippen molar-refractivity contribution in [2.24, 2.45) is 0 Å². The van der Waals surface area contributed by atoms with Crippen molar-refractivity contribution in [3.63, 3.8) is 0 Å². The molecule has 0 saturated carbocycles. The number of carbonyl (C=O) groups is 2. The van der Waals surface area contributed by atoms with Crippen LogP contribution in [0.15, 0.2) is 65.1 Å². The van der Waals surface area contributed by atoms with Crippen molar-refractivity contribution in [1.82, 2.24) is 4.98 Å². The second kappa shape index (κ2) is 7.61. The molecule has 0 bridgehead atoms. The molecule has 0 aliphatic rings. The Kier molecular flexibility index (Phi) is 4.86. The Labute approximate surface area is 162 Å². The van der Waals surface area contributed by atoms with E-state index < -0.39 is 24.3 Å². The maximum Gasteiger partial charge on any atom is 0.374 e. The summed E-state index contributed by atoms with van der Waals surface area (Å²) in [7, 11) is 0. The van der Waals surface area contributed by atoms with Crippen LogP contribution >= 0.6 is 11.3 Å². The van der Waals surface area contributed by atoms with E-state index in [1.165, 1.54) is 35.6 Å². The number of thiazole rings is 1. The third kappa shape index (κ3) is 3.77. The second-order valence-corrected chi connectivity index (χ2v) is 6.79. The number of hydrogen-bond acceptors (Lipinski definition) is 6. The zero-order valence-electron chi connectivity index (χ0n) is 14.3. The van der Waals surface area contributed by atoms with Crippen LogP contribution in [0, 0.1) is 5.82 Å². The van der Waals surface area contributed by atoms with Gasteiger partial charge in [0.1, 0.15) is 5.82 Å². The molecular weight excluding hydrogens is 383 g/mol. The molecule has 0 spiro atoms. The summed E-state index contributed by atoms with van der Waals surface area (Å²) in [6.07, 6.45) is 0. The number of ether oxygens (including phenoxy) is 1. The first-order chi connectivity index (χ1) is 13.6. The zero-order valence-corrected chi connectivity index (χ0v) is 15.2. The molecule has 4 rings (SSSR count). The van der Waals surface area contributed by atoms with E-state index in [9.17, 15) is 14.0 Å². The van der Waals surface area contributed by atoms with E-state index in [1.54, 1.807) is 12.1 Å². The fraction of sp³-hybridized carbons (Fsp3) is 0.0500. The average Bonchev–Trinajstić information content (AvgIpc) is 3.35. The first kappa shape index (κ1) is 17.9. The van der Waals surface area contributed by atoms with Gasteiger partial charge in [0.05, 0.1) is 15.9 Å². The standard InChI is InChI=1S/C20H13FN2O4S/c21-12-5-1-2-6-13(12)22-18(24)11-26-20(25)16-10-9-15(27-16)19-23-14-7-3-4-8-17(14)28-19/h1-10H,11H2,(H,22,24). The lowest BCUT2D eigenvalue weighted by atomic mass is 10.3. The largest absolute Gasteiger partial charge is 0.450 e. The number of fused-ring (bicyclic) bond motifs is 1. The summed E-state index contributed by atoms with van der Waals surface area (Å²) < 4.78 is 25.0. The van der Waals surface area contributed by atoms with Gasteiger partial charge in [0.2, 0.25) is 5.76 Å². The first-order valence-electron chi connectivity index (χ1n) is 8.27. The highest BCUT2D eigenvalue weighted by atomic mass is 32.1. The number of hydrogen-bond donors (Lipinski definition) is 1. The molecule has 1 N–H and O–H groups in total. The molecule has 4 aromatic rings. The van der Waals surface area contributed by atoms with Crippen LogP contribution in [0.5, 0.6) is 0 Å². The summed E-state index contributed by atoms with van der Waals surface area (Å²) in [4.78, 5) is 28.4. The maximum atomic E-state index is 13.5. The van der Waals surface area contributed by atoms with Crippen LogP contribution in [0.3, 0.4) is 0 Å². The van der Waals surface area contributed by atoms with Crippen LogP contribution in [-0.2, 0) is 9.53 Å². The van der Waals surface area contributed by atoms with Gasteiger partial charge >= 0.3 is 5.97 Å². The van der Waals surface area contributed by atoms with Gasteiger partial charge in [-0.05, 0) is 36.4 Å². The minimum Gasteiger partial charge on any atom is -0.450 e. The monoisotopic (exact) mass is 396 g/mol. The minimum atomic E-state index is -0.795. The quantitative estimate of drug-likeness (QED) is 0.503. The van der Waals surface area contributed by atoms with Crippen LogP contribution in [-0.4, -0.2) is 23.5 Å². The van der Waals surface area contributed by atoms with E-state index in [-0.39, 0.29) is 11.4 Å². The summed E-state index contributed by atoms with van der Waals surface area (Å²) in [6.45, 7) is -0.565. The van der Waals surface area contributed by atoms with Crippen molar-refractivity contribution >= 4 is 39.1 Å². The van der Waals surface area contributed by atoms with Gasteiger partial charge in [-0.2, -0.15) is 0 Å². The fourth-order valence-electron chi connectivity index (χ4n) is 2.49. The van der Waals surface area contributed by atoms with E-state index in [4.69, 9.17) is 9.15 Å². The number of carbonyl (C=O) groups excluding carboxylic acids is 2. The Balaban J connectivity index is 1.39. The van der Waals surface area contributed by atoms with Crippen molar-refractivity contribution in [2.75, 3.05) is 11.9 Å². The Bertz CT molecular complexity index is 1130. The number of furan rings is 1. The molecular formula is C20H13FN2O4S. The van der Waals surface area contributed by atoms with E-state index in [1.807, 2.05) is 24.3 Å². The van der Waals surface area contributed by atoms with E-state index in [2.05, 4.69) is 10.3 Å². The Morgan fingerprint density at radius 1 is 1.07 bits per heavy atom. The fourth-order valence-corrected chi connectivity index (χ4v) is 3.42. The summed E-state index contributed by atoms with van der Waals surface area (Å²) in [6, 6.07) is 16.4. The predicted molar refractivity (Wildman–Crippen MR) is 103 cm³/mol. The van der Waals surface area contributed by atoms with Gasteiger partial charge in [-0.25, -0.2) is 14.2 Å². The minimum absolute atomic E-state index is 0.0136. The molecule has 2 aromatic heterocycles. The summed E-state index contributed by atoms with van der Waals surface area (Å²) in [5.74, 6) is -1.64. The molecule has 0 atom stereocenters. The van der Waals surface area contributed by atoms with Crippen molar-refractivity contribution in [3.05, 3.63) is 72.2 Å². The highest BCUT2D eigenvalue weighted by Crippen LogP contribution is 2.31. The highest BCUT2D eigenvalue weighted by Gasteiger charge is 2.17. The zero-order chi connectivity index (χ0) is 19.5. The van der Waals surface area contributed by atoms with Crippen molar-refractivity contribution in [1.29, 1.82) is 0 Å². The third-order valence-electron chi connectivity index (χ3n) is 3.79. The number of aromatic nitrogens is 1. The lowest BCUT2D eigenvalue weighted by molar-refractivity contribution is -0.119. The molecule has 0 radical (unpaired) electrons. The number of nitrogens with one attached hydrogen (secondary N) is 1. The van der Waals surface area contributed by atoms with Crippen molar-refractivity contribution < 1.29 is 23.1 Å². The van der Waals surface area contributed by atoms with Gasteiger partial charge in [-0.15, -0.1) is 11.3 Å². The Morgan fingerprint density at radius 3 is 2.68 bits per heavy atom.